The summed E-state index contributed by atoms with van der Waals surface area (Å²) in [5.41, 5.74) is 1.52. The van der Waals surface area contributed by atoms with E-state index in [2.05, 4.69) is 41.0 Å². The maximum atomic E-state index is 4.44. The Morgan fingerprint density at radius 3 is 2.65 bits per heavy atom. The second kappa shape index (κ2) is 5.08. The van der Waals surface area contributed by atoms with E-state index in [-0.39, 0.29) is 0 Å². The number of fused-ring (bicyclic) bond motifs is 1. The molecular weight excluding hydrogens is 212 g/mol. The fourth-order valence-corrected chi connectivity index (χ4v) is 1.95. The van der Waals surface area contributed by atoms with Gasteiger partial charge in [0.1, 0.15) is 11.3 Å². The summed E-state index contributed by atoms with van der Waals surface area (Å²) < 4.78 is 0. The molecule has 0 aliphatic carbocycles. The Morgan fingerprint density at radius 2 is 1.88 bits per heavy atom. The third-order valence-corrected chi connectivity index (χ3v) is 2.55. The van der Waals surface area contributed by atoms with E-state index >= 15 is 0 Å². The summed E-state index contributed by atoms with van der Waals surface area (Å²) in [4.78, 5) is 12.8. The van der Waals surface area contributed by atoms with Gasteiger partial charge in [0, 0.05) is 18.4 Å². The van der Waals surface area contributed by atoms with Crippen LogP contribution in [0.4, 0.5) is 5.82 Å². The van der Waals surface area contributed by atoms with Crippen molar-refractivity contribution in [1.29, 1.82) is 0 Å². The maximum Gasteiger partial charge on any atom is 0.180 e. The number of pyridine rings is 1. The van der Waals surface area contributed by atoms with Crippen molar-refractivity contribution in [1.82, 2.24) is 15.0 Å². The molecule has 0 bridgehead atoms. The fraction of sp³-hybridized carbons (Fsp3) is 0.462. The molecule has 2 rings (SSSR count). The van der Waals surface area contributed by atoms with Gasteiger partial charge in [0.2, 0.25) is 0 Å². The van der Waals surface area contributed by atoms with Crippen molar-refractivity contribution in [2.75, 3.05) is 5.32 Å². The third kappa shape index (κ3) is 3.12. The van der Waals surface area contributed by atoms with Crippen LogP contribution in [0.5, 0.6) is 0 Å². The smallest absolute Gasteiger partial charge is 0.180 e. The third-order valence-electron chi connectivity index (χ3n) is 2.55. The van der Waals surface area contributed by atoms with E-state index in [0.29, 0.717) is 17.6 Å². The van der Waals surface area contributed by atoms with Gasteiger partial charge < -0.3 is 5.32 Å². The Kier molecular flexibility index (Phi) is 3.52. The minimum absolute atomic E-state index is 0.414. The Labute approximate surface area is 102 Å². The van der Waals surface area contributed by atoms with Crippen LogP contribution < -0.4 is 5.32 Å². The number of nitrogens with zero attached hydrogens (tertiary/aromatic N) is 3. The van der Waals surface area contributed by atoms with Gasteiger partial charge in [0.25, 0.3) is 0 Å². The summed E-state index contributed by atoms with van der Waals surface area (Å²) in [5, 5.41) is 3.39. The summed E-state index contributed by atoms with van der Waals surface area (Å²) in [6.07, 6.45) is 4.47. The molecule has 0 saturated carbocycles. The molecule has 0 aliphatic rings. The van der Waals surface area contributed by atoms with E-state index in [1.165, 1.54) is 0 Å². The lowest BCUT2D eigenvalue weighted by Crippen LogP contribution is -2.18. The molecule has 0 fully saturated rings. The van der Waals surface area contributed by atoms with E-state index in [4.69, 9.17) is 0 Å². The molecule has 1 atom stereocenters. The monoisotopic (exact) mass is 230 g/mol. The van der Waals surface area contributed by atoms with Crippen LogP contribution >= 0.6 is 0 Å². The molecule has 0 saturated heterocycles. The first-order valence-corrected chi connectivity index (χ1v) is 5.99. The van der Waals surface area contributed by atoms with Gasteiger partial charge in [-0.15, -0.1) is 0 Å². The van der Waals surface area contributed by atoms with Gasteiger partial charge in [-0.25, -0.2) is 9.97 Å². The molecule has 1 N–H and O–H groups in total. The highest BCUT2D eigenvalue weighted by Gasteiger charge is 2.06. The first-order valence-electron chi connectivity index (χ1n) is 5.99. The van der Waals surface area contributed by atoms with Crippen molar-refractivity contribution in [3.05, 3.63) is 24.5 Å². The number of hydrogen-bond acceptors (Lipinski definition) is 4. The van der Waals surface area contributed by atoms with Gasteiger partial charge in [0.15, 0.2) is 5.65 Å². The van der Waals surface area contributed by atoms with Crippen LogP contribution in [0.1, 0.15) is 27.2 Å². The van der Waals surface area contributed by atoms with Crippen LogP contribution in [-0.2, 0) is 0 Å². The number of rotatable bonds is 4. The molecule has 2 aromatic rings. The number of hydrogen-bond donors (Lipinski definition) is 1. The zero-order chi connectivity index (χ0) is 12.3. The molecule has 90 valence electrons. The van der Waals surface area contributed by atoms with E-state index in [1.807, 2.05) is 12.1 Å². The lowest BCUT2D eigenvalue weighted by Gasteiger charge is -2.16. The van der Waals surface area contributed by atoms with Crippen LogP contribution in [0, 0.1) is 5.92 Å². The predicted molar refractivity (Wildman–Crippen MR) is 69.9 cm³/mol. The zero-order valence-electron chi connectivity index (χ0n) is 10.5. The summed E-state index contributed by atoms with van der Waals surface area (Å²) >= 11 is 0. The Balaban J connectivity index is 2.14. The van der Waals surface area contributed by atoms with Gasteiger partial charge in [-0.3, -0.25) is 4.98 Å². The van der Waals surface area contributed by atoms with E-state index in [0.717, 1.165) is 17.8 Å². The molecular formula is C13H18N4. The Hall–Kier alpha value is -1.71. The first kappa shape index (κ1) is 11.8. The van der Waals surface area contributed by atoms with Crippen LogP contribution in [0.3, 0.4) is 0 Å². The molecule has 0 spiro atoms. The average Bonchev–Trinajstić information content (AvgIpc) is 2.27. The zero-order valence-corrected chi connectivity index (χ0v) is 10.5. The molecule has 17 heavy (non-hydrogen) atoms. The van der Waals surface area contributed by atoms with E-state index in [1.54, 1.807) is 12.4 Å². The lowest BCUT2D eigenvalue weighted by atomic mass is 10.1. The normalized spacial score (nSPS) is 12.9. The molecule has 0 amide bonds. The van der Waals surface area contributed by atoms with Crippen molar-refractivity contribution in [3.63, 3.8) is 0 Å². The van der Waals surface area contributed by atoms with E-state index in [9.17, 15) is 0 Å². The van der Waals surface area contributed by atoms with Gasteiger partial charge in [-0.2, -0.15) is 0 Å². The quantitative estimate of drug-likeness (QED) is 0.877. The molecule has 1 unspecified atom stereocenters. The lowest BCUT2D eigenvalue weighted by molar-refractivity contribution is 0.539. The standard InChI is InChI=1S/C13H18N4/c1-9(2)8-10(3)16-12-5-4-11-13(17-12)15-7-6-14-11/h4-7,9-10H,8H2,1-3H3,(H,15,16,17). The molecule has 0 aliphatic heterocycles. The van der Waals surface area contributed by atoms with Crippen molar-refractivity contribution in [2.45, 2.75) is 33.2 Å². The average molecular weight is 230 g/mol. The van der Waals surface area contributed by atoms with Gasteiger partial charge in [0.05, 0.1) is 0 Å². The summed E-state index contributed by atoms with van der Waals surface area (Å²) in [5.74, 6) is 1.55. The number of anilines is 1. The van der Waals surface area contributed by atoms with Crippen molar-refractivity contribution < 1.29 is 0 Å². The highest BCUT2D eigenvalue weighted by molar-refractivity contribution is 5.71. The second-order valence-corrected chi connectivity index (χ2v) is 4.77. The predicted octanol–water partition coefficient (Wildman–Crippen LogP) is 2.87. The van der Waals surface area contributed by atoms with Crippen LogP contribution in [0.15, 0.2) is 24.5 Å². The van der Waals surface area contributed by atoms with Crippen LogP contribution in [-0.4, -0.2) is 21.0 Å². The van der Waals surface area contributed by atoms with Crippen molar-refractivity contribution in [3.8, 4) is 0 Å². The minimum Gasteiger partial charge on any atom is -0.368 e. The number of aromatic nitrogens is 3. The molecule has 2 heterocycles. The molecule has 4 nitrogen and oxygen atoms in total. The van der Waals surface area contributed by atoms with Crippen LogP contribution in [0.2, 0.25) is 0 Å². The van der Waals surface area contributed by atoms with Crippen molar-refractivity contribution >= 4 is 17.0 Å². The highest BCUT2D eigenvalue weighted by Crippen LogP contribution is 2.13. The largest absolute Gasteiger partial charge is 0.368 e. The second-order valence-electron chi connectivity index (χ2n) is 4.77. The fourth-order valence-electron chi connectivity index (χ4n) is 1.95. The highest BCUT2D eigenvalue weighted by atomic mass is 15.0. The van der Waals surface area contributed by atoms with Gasteiger partial charge in [-0.1, -0.05) is 13.8 Å². The summed E-state index contributed by atoms with van der Waals surface area (Å²) in [6, 6.07) is 4.31. The molecule has 0 aromatic carbocycles. The number of nitrogens with one attached hydrogen (secondary N) is 1. The Bertz CT molecular complexity index is 495. The molecule has 2 aromatic heterocycles. The Morgan fingerprint density at radius 1 is 1.12 bits per heavy atom. The summed E-state index contributed by atoms with van der Waals surface area (Å²) in [6.45, 7) is 6.61. The SMILES string of the molecule is CC(C)CC(C)Nc1ccc2nccnc2n1. The van der Waals surface area contributed by atoms with Crippen molar-refractivity contribution in [2.24, 2.45) is 5.92 Å². The maximum absolute atomic E-state index is 4.44. The summed E-state index contributed by atoms with van der Waals surface area (Å²) in [7, 11) is 0. The molecule has 0 radical (unpaired) electrons. The minimum atomic E-state index is 0.414. The first-order chi connectivity index (χ1) is 8.15. The van der Waals surface area contributed by atoms with E-state index < -0.39 is 0 Å². The van der Waals surface area contributed by atoms with Crippen LogP contribution in [0.25, 0.3) is 11.2 Å². The van der Waals surface area contributed by atoms with Gasteiger partial charge in [-0.05, 0) is 31.4 Å². The molecule has 4 heteroatoms. The van der Waals surface area contributed by atoms with Gasteiger partial charge >= 0.3 is 0 Å². The topological polar surface area (TPSA) is 50.7 Å².